The van der Waals surface area contributed by atoms with Crippen molar-refractivity contribution in [2.45, 2.75) is 23.9 Å². The minimum atomic E-state index is -3.14. The third kappa shape index (κ3) is 2.71. The molecule has 0 N–H and O–H groups in total. The van der Waals surface area contributed by atoms with Crippen molar-refractivity contribution in [2.24, 2.45) is 0 Å². The molecule has 2 nitrogen and oxygen atoms in total. The lowest BCUT2D eigenvalue weighted by molar-refractivity contribution is 0.415. The monoisotopic (exact) mass is 486 g/mol. The Hall–Kier alpha value is -3.61. The number of hydrogen-bond acceptors (Lipinski definition) is 2. The van der Waals surface area contributed by atoms with Gasteiger partial charge in [0.25, 0.3) is 0 Å². The first kappa shape index (κ1) is 21.7. The second kappa shape index (κ2) is 7.95. The van der Waals surface area contributed by atoms with E-state index in [1.165, 1.54) is 33.0 Å². The Kier molecular flexibility index (Phi) is 4.78. The zero-order valence-corrected chi connectivity index (χ0v) is 21.1. The van der Waals surface area contributed by atoms with Crippen molar-refractivity contribution in [3.8, 4) is 5.75 Å². The van der Waals surface area contributed by atoms with Crippen LogP contribution in [-0.4, -0.2) is 7.11 Å². The summed E-state index contributed by atoms with van der Waals surface area (Å²) in [6, 6.07) is 40.3. The van der Waals surface area contributed by atoms with Crippen LogP contribution < -0.4 is 15.3 Å². The van der Waals surface area contributed by atoms with Crippen LogP contribution in [0.15, 0.2) is 115 Å². The van der Waals surface area contributed by atoms with Gasteiger partial charge in [0, 0.05) is 16.5 Å². The van der Waals surface area contributed by atoms with Gasteiger partial charge in [-0.2, -0.15) is 0 Å². The number of ether oxygens (including phenoxy) is 1. The number of methoxy groups -OCH3 is 1. The normalized spacial score (nSPS) is 24.1. The fraction of sp³-hybridized carbons (Fsp3) is 0.152. The molecule has 176 valence electrons. The molecule has 0 saturated carbocycles. The Bertz CT molecular complexity index is 1660. The van der Waals surface area contributed by atoms with Gasteiger partial charge in [-0.25, -0.2) is 0 Å². The molecule has 0 unspecified atom stereocenters. The lowest BCUT2D eigenvalue weighted by Gasteiger charge is -2.45. The molecule has 0 spiro atoms. The molecular weight excluding hydrogens is 459 g/mol. The Morgan fingerprint density at radius 3 is 2.31 bits per heavy atom. The van der Waals surface area contributed by atoms with Gasteiger partial charge < -0.3 is 9.30 Å². The van der Waals surface area contributed by atoms with E-state index in [1.807, 2.05) is 24.3 Å². The minimum absolute atomic E-state index is 0.0129. The van der Waals surface area contributed by atoms with Crippen LogP contribution >= 0.6 is 7.14 Å². The Morgan fingerprint density at radius 2 is 1.50 bits per heavy atom. The third-order valence-electron chi connectivity index (χ3n) is 8.47. The van der Waals surface area contributed by atoms with Gasteiger partial charge in [0.05, 0.1) is 12.3 Å². The van der Waals surface area contributed by atoms with Crippen molar-refractivity contribution >= 4 is 28.5 Å². The van der Waals surface area contributed by atoms with Crippen LogP contribution in [0.5, 0.6) is 5.75 Å². The van der Waals surface area contributed by atoms with Gasteiger partial charge in [-0.05, 0) is 70.1 Å². The predicted molar refractivity (Wildman–Crippen MR) is 149 cm³/mol. The van der Waals surface area contributed by atoms with Gasteiger partial charge >= 0.3 is 0 Å². The quantitative estimate of drug-likeness (QED) is 0.253. The summed E-state index contributed by atoms with van der Waals surface area (Å²) >= 11 is 0. The SMILES string of the molecule is COc1ccc([P@@]2(=O)c3ccc4ccccc4c3[C@H]3c4ccccc4CC[C@]32c2ccccc2)cc1. The Morgan fingerprint density at radius 1 is 0.778 bits per heavy atom. The van der Waals surface area contributed by atoms with E-state index in [0.717, 1.165) is 29.2 Å². The molecule has 2 aliphatic rings. The fourth-order valence-corrected chi connectivity index (χ4v) is 11.1. The van der Waals surface area contributed by atoms with E-state index in [0.29, 0.717) is 0 Å². The van der Waals surface area contributed by atoms with E-state index >= 15 is 4.57 Å². The number of benzene rings is 5. The molecule has 7 rings (SSSR count). The maximum absolute atomic E-state index is 16.1. The zero-order chi connectivity index (χ0) is 24.3. The Balaban J connectivity index is 1.66. The van der Waals surface area contributed by atoms with Crippen molar-refractivity contribution in [2.75, 3.05) is 7.11 Å². The summed E-state index contributed by atoms with van der Waals surface area (Å²) in [5.41, 5.74) is 5.10. The molecule has 0 fully saturated rings. The number of rotatable bonds is 3. The molecule has 1 heterocycles. The lowest BCUT2D eigenvalue weighted by atomic mass is 9.68. The summed E-state index contributed by atoms with van der Waals surface area (Å²) in [5, 5.41) is 3.78. The molecule has 0 bridgehead atoms. The highest BCUT2D eigenvalue weighted by Crippen LogP contribution is 2.76. The highest BCUT2D eigenvalue weighted by molar-refractivity contribution is 7.80. The number of aryl methyl sites for hydroxylation is 1. The zero-order valence-electron chi connectivity index (χ0n) is 20.2. The smallest absolute Gasteiger partial charge is 0.154 e. The van der Waals surface area contributed by atoms with Gasteiger partial charge in [0.15, 0.2) is 7.14 Å². The van der Waals surface area contributed by atoms with E-state index in [-0.39, 0.29) is 5.92 Å². The average molecular weight is 487 g/mol. The van der Waals surface area contributed by atoms with E-state index in [9.17, 15) is 0 Å². The summed E-state index contributed by atoms with van der Waals surface area (Å²) in [4.78, 5) is 0. The van der Waals surface area contributed by atoms with Crippen molar-refractivity contribution in [3.63, 3.8) is 0 Å². The van der Waals surface area contributed by atoms with Crippen molar-refractivity contribution in [3.05, 3.63) is 138 Å². The van der Waals surface area contributed by atoms with Crippen LogP contribution in [0.1, 0.15) is 34.6 Å². The molecule has 3 heteroatoms. The van der Waals surface area contributed by atoms with E-state index < -0.39 is 12.3 Å². The van der Waals surface area contributed by atoms with Crippen LogP contribution in [0.3, 0.4) is 0 Å². The van der Waals surface area contributed by atoms with Crippen molar-refractivity contribution < 1.29 is 9.30 Å². The standard InChI is InChI=1S/C33H27O2P/c1-35-26-16-18-27(19-17-26)36(34)30-20-15-23-9-5-7-13-28(23)31(30)32-29-14-8-6-10-24(29)21-22-33(32,36)25-11-3-2-4-12-25/h2-20,32H,21-22H2,1H3/t32-,33+,36-/m1/s1. The second-order valence-electron chi connectivity index (χ2n) is 9.95. The number of hydrogen-bond donors (Lipinski definition) is 0. The summed E-state index contributed by atoms with van der Waals surface area (Å²) in [6.45, 7) is 0. The highest BCUT2D eigenvalue weighted by Gasteiger charge is 2.64. The molecular formula is C33H27O2P. The summed E-state index contributed by atoms with van der Waals surface area (Å²) in [7, 11) is -1.47. The fourth-order valence-electron chi connectivity index (χ4n) is 6.96. The molecule has 0 radical (unpaired) electrons. The lowest BCUT2D eigenvalue weighted by Crippen LogP contribution is -2.38. The maximum atomic E-state index is 16.1. The summed E-state index contributed by atoms with van der Waals surface area (Å²) < 4.78 is 21.6. The predicted octanol–water partition coefficient (Wildman–Crippen LogP) is 7.15. The van der Waals surface area contributed by atoms with Crippen LogP contribution in [0.25, 0.3) is 10.8 Å². The molecule has 1 aliphatic carbocycles. The van der Waals surface area contributed by atoms with Crippen LogP contribution in [0.2, 0.25) is 0 Å². The summed E-state index contributed by atoms with van der Waals surface area (Å²) in [5.74, 6) is 0.793. The van der Waals surface area contributed by atoms with Gasteiger partial charge in [0.2, 0.25) is 0 Å². The molecule has 3 atom stereocenters. The minimum Gasteiger partial charge on any atom is -0.497 e. The molecule has 5 aromatic rings. The van der Waals surface area contributed by atoms with Crippen LogP contribution in [-0.2, 0) is 16.1 Å². The largest absolute Gasteiger partial charge is 0.497 e. The van der Waals surface area contributed by atoms with Crippen LogP contribution in [0.4, 0.5) is 0 Å². The maximum Gasteiger partial charge on any atom is 0.154 e. The first-order valence-electron chi connectivity index (χ1n) is 12.6. The van der Waals surface area contributed by atoms with E-state index in [4.69, 9.17) is 4.74 Å². The highest BCUT2D eigenvalue weighted by atomic mass is 31.2. The molecule has 0 aromatic heterocycles. The molecule has 1 aliphatic heterocycles. The van der Waals surface area contributed by atoms with Gasteiger partial charge in [-0.1, -0.05) is 91.0 Å². The van der Waals surface area contributed by atoms with Gasteiger partial charge in [-0.3, -0.25) is 0 Å². The number of fused-ring (bicyclic) bond motifs is 7. The molecule has 0 saturated heterocycles. The van der Waals surface area contributed by atoms with Crippen molar-refractivity contribution in [1.82, 2.24) is 0 Å². The van der Waals surface area contributed by atoms with Gasteiger partial charge in [0.1, 0.15) is 5.75 Å². The Labute approximate surface area is 212 Å². The first-order valence-corrected chi connectivity index (χ1v) is 14.3. The van der Waals surface area contributed by atoms with E-state index in [1.54, 1.807) is 7.11 Å². The molecule has 0 amide bonds. The van der Waals surface area contributed by atoms with Gasteiger partial charge in [-0.15, -0.1) is 0 Å². The summed E-state index contributed by atoms with van der Waals surface area (Å²) in [6.07, 6.45) is 1.75. The topological polar surface area (TPSA) is 26.3 Å². The third-order valence-corrected chi connectivity index (χ3v) is 12.4. The van der Waals surface area contributed by atoms with Crippen molar-refractivity contribution in [1.29, 1.82) is 0 Å². The molecule has 5 aromatic carbocycles. The van der Waals surface area contributed by atoms with Crippen LogP contribution in [0, 0.1) is 0 Å². The first-order chi connectivity index (χ1) is 17.7. The average Bonchev–Trinajstić information content (AvgIpc) is 3.20. The second-order valence-corrected chi connectivity index (χ2v) is 13.0. The van der Waals surface area contributed by atoms with E-state index in [2.05, 4.69) is 91.0 Å². The molecule has 36 heavy (non-hydrogen) atoms.